The van der Waals surface area contributed by atoms with Gasteiger partial charge in [0.2, 0.25) is 0 Å². The normalized spacial score (nSPS) is 9.00. The molecule has 0 spiro atoms. The number of aliphatic carboxylic acids is 1. The van der Waals surface area contributed by atoms with E-state index < -0.39 is 5.97 Å². The van der Waals surface area contributed by atoms with Gasteiger partial charge in [0.15, 0.2) is 0 Å². The van der Waals surface area contributed by atoms with Crippen molar-refractivity contribution in [2.75, 3.05) is 5.75 Å². The minimum Gasteiger partial charge on any atom is -0.549 e. The molecule has 0 aliphatic carbocycles. The third-order valence-electron chi connectivity index (χ3n) is 1.38. The molecule has 0 atom stereocenters. The molecule has 4 heteroatoms. The number of carboxylic acids is 1. The molecule has 0 unspecified atom stereocenters. The summed E-state index contributed by atoms with van der Waals surface area (Å²) < 4.78 is 0. The van der Waals surface area contributed by atoms with Crippen molar-refractivity contribution in [2.24, 2.45) is 0 Å². The van der Waals surface area contributed by atoms with Gasteiger partial charge in [0.25, 0.3) is 0 Å². The number of benzene rings is 1. The van der Waals surface area contributed by atoms with Crippen LogP contribution < -0.4 is 5.11 Å². The molecule has 0 saturated heterocycles. The second-order valence-corrected chi connectivity index (χ2v) is 3.52. The van der Waals surface area contributed by atoms with Crippen LogP contribution in [-0.2, 0) is 4.79 Å². The number of carbonyl (C=O) groups is 1. The number of hydrogen-bond donors (Lipinski definition) is 0. The van der Waals surface area contributed by atoms with Crippen molar-refractivity contribution < 1.29 is 9.90 Å². The average molecular weight is 220 g/mol. The quantitative estimate of drug-likeness (QED) is 0.549. The largest absolute Gasteiger partial charge is 0.549 e. The molecule has 0 N–H and O–H groups in total. The van der Waals surface area contributed by atoms with E-state index in [1.807, 2.05) is 31.2 Å². The van der Waals surface area contributed by atoms with Crippen molar-refractivity contribution >= 4 is 69.1 Å². The van der Waals surface area contributed by atoms with Gasteiger partial charge in [-0.15, -0.1) is 11.8 Å². The number of aryl methyl sites for hydroxylation is 1. The van der Waals surface area contributed by atoms with Gasteiger partial charge in [0.05, 0.1) is 5.97 Å². The predicted molar refractivity (Wildman–Crippen MR) is 52.7 cm³/mol. The van der Waals surface area contributed by atoms with E-state index in [0.717, 1.165) is 4.90 Å². The van der Waals surface area contributed by atoms with Gasteiger partial charge >= 0.3 is 0 Å². The van der Waals surface area contributed by atoms with Crippen LogP contribution in [0.15, 0.2) is 29.2 Å². The summed E-state index contributed by atoms with van der Waals surface area (Å²) in [6.07, 6.45) is 0. The molecule has 1 radical (unpaired) electrons. The van der Waals surface area contributed by atoms with Crippen molar-refractivity contribution in [3.63, 3.8) is 0 Å². The van der Waals surface area contributed by atoms with Gasteiger partial charge < -0.3 is 9.90 Å². The topological polar surface area (TPSA) is 40.1 Å². The number of hydrogen-bond acceptors (Lipinski definition) is 3. The molecule has 13 heavy (non-hydrogen) atoms. The third-order valence-corrected chi connectivity index (χ3v) is 2.36. The van der Waals surface area contributed by atoms with Gasteiger partial charge in [-0.1, -0.05) is 17.7 Å². The molecule has 0 aliphatic heterocycles. The minimum absolute atomic E-state index is 0. The Hall–Kier alpha value is 0.676. The Labute approximate surface area is 125 Å². The maximum absolute atomic E-state index is 10.1. The Morgan fingerprint density at radius 1 is 1.38 bits per heavy atom. The van der Waals surface area contributed by atoms with Crippen LogP contribution in [0.2, 0.25) is 0 Å². The molecule has 0 amide bonds. The van der Waals surface area contributed by atoms with Crippen LogP contribution in [0.4, 0.5) is 0 Å². The zero-order valence-corrected chi connectivity index (χ0v) is 11.7. The van der Waals surface area contributed by atoms with Crippen LogP contribution >= 0.6 is 11.8 Å². The van der Waals surface area contributed by atoms with Crippen LogP contribution in [0.5, 0.6) is 0 Å². The third kappa shape index (κ3) is 5.88. The summed E-state index contributed by atoms with van der Waals surface area (Å²) in [7, 11) is 0. The Morgan fingerprint density at radius 3 is 2.38 bits per heavy atom. The molecule has 1 aromatic carbocycles. The molecule has 1 aromatic rings. The molecule has 2 nitrogen and oxygen atoms in total. The van der Waals surface area contributed by atoms with Gasteiger partial charge in [-0.05, 0) is 19.1 Å². The van der Waals surface area contributed by atoms with Crippen molar-refractivity contribution in [1.29, 1.82) is 0 Å². The first-order valence-electron chi connectivity index (χ1n) is 3.58. The first-order chi connectivity index (χ1) is 5.68. The molecule has 0 saturated carbocycles. The number of rotatable bonds is 3. The average Bonchev–Trinajstić information content (AvgIpc) is 2.03. The molecular formula is C9H9KO2S-. The van der Waals surface area contributed by atoms with E-state index in [4.69, 9.17) is 0 Å². The van der Waals surface area contributed by atoms with E-state index in [-0.39, 0.29) is 57.1 Å². The summed E-state index contributed by atoms with van der Waals surface area (Å²) in [6.45, 7) is 1.99. The fourth-order valence-corrected chi connectivity index (χ4v) is 1.39. The zero-order valence-electron chi connectivity index (χ0n) is 7.74. The van der Waals surface area contributed by atoms with Gasteiger partial charge in [-0.2, -0.15) is 0 Å². The molecule has 1 rings (SSSR count). The van der Waals surface area contributed by atoms with Gasteiger partial charge in [-0.25, -0.2) is 0 Å². The minimum atomic E-state index is -1.03. The summed E-state index contributed by atoms with van der Waals surface area (Å²) >= 11 is 1.28. The van der Waals surface area contributed by atoms with Crippen LogP contribution in [0, 0.1) is 6.92 Å². The molecule has 0 fully saturated rings. The molecule has 0 heterocycles. The summed E-state index contributed by atoms with van der Waals surface area (Å²) in [6, 6.07) is 7.72. The monoisotopic (exact) mass is 220 g/mol. The number of carboxylic acid groups (broad SMARTS) is 1. The van der Waals surface area contributed by atoms with Gasteiger partial charge in [0, 0.05) is 62.0 Å². The summed E-state index contributed by atoms with van der Waals surface area (Å²) in [5.41, 5.74) is 1.17. The zero-order chi connectivity index (χ0) is 8.97. The maximum atomic E-state index is 10.1. The van der Waals surface area contributed by atoms with Gasteiger partial charge in [-0.3, -0.25) is 0 Å². The van der Waals surface area contributed by atoms with E-state index >= 15 is 0 Å². The summed E-state index contributed by atoms with van der Waals surface area (Å²) in [4.78, 5) is 11.1. The molecule has 0 bridgehead atoms. The molecule has 0 aromatic heterocycles. The van der Waals surface area contributed by atoms with Crippen molar-refractivity contribution in [3.8, 4) is 0 Å². The SMILES string of the molecule is Cc1ccc(SCC(=O)[O-])cc1.[K]. The second kappa shape index (κ2) is 7.03. The first-order valence-corrected chi connectivity index (χ1v) is 4.56. The maximum Gasteiger partial charge on any atom is 0.0517 e. The molecule has 65 valence electrons. The fourth-order valence-electron chi connectivity index (χ4n) is 0.777. The Kier molecular flexibility index (Phi) is 7.40. The van der Waals surface area contributed by atoms with E-state index in [1.165, 1.54) is 17.3 Å². The summed E-state index contributed by atoms with van der Waals surface area (Å²) in [5, 5.41) is 10.1. The van der Waals surface area contributed by atoms with Crippen molar-refractivity contribution in [3.05, 3.63) is 29.8 Å². The fraction of sp³-hybridized carbons (Fsp3) is 0.222. The second-order valence-electron chi connectivity index (χ2n) is 2.47. The Balaban J connectivity index is 0.00000144. The van der Waals surface area contributed by atoms with E-state index in [1.54, 1.807) is 0 Å². The van der Waals surface area contributed by atoms with Crippen LogP contribution in [0.25, 0.3) is 0 Å². The van der Waals surface area contributed by atoms with Crippen LogP contribution in [0.3, 0.4) is 0 Å². The Morgan fingerprint density at radius 2 is 1.92 bits per heavy atom. The number of carbonyl (C=O) groups excluding carboxylic acids is 1. The number of thioether (sulfide) groups is 1. The van der Waals surface area contributed by atoms with Crippen molar-refractivity contribution in [2.45, 2.75) is 11.8 Å². The first kappa shape index (κ1) is 13.7. The van der Waals surface area contributed by atoms with Gasteiger partial charge in [0.1, 0.15) is 0 Å². The smallest absolute Gasteiger partial charge is 0.0517 e. The predicted octanol–water partition coefficient (Wildman–Crippen LogP) is 0.456. The van der Waals surface area contributed by atoms with E-state index in [2.05, 4.69) is 0 Å². The standard InChI is InChI=1S/C9H10O2S.K/c1-7-2-4-8(5-3-7)12-6-9(10)11;/h2-5H,6H2,1H3,(H,10,11);/p-1. The van der Waals surface area contributed by atoms with Crippen LogP contribution in [-0.4, -0.2) is 63.1 Å². The van der Waals surface area contributed by atoms with Crippen LogP contribution in [0.1, 0.15) is 5.56 Å². The van der Waals surface area contributed by atoms with Crippen molar-refractivity contribution in [1.82, 2.24) is 0 Å². The molecule has 0 aliphatic rings. The van der Waals surface area contributed by atoms with E-state index in [0.29, 0.717) is 0 Å². The summed E-state index contributed by atoms with van der Waals surface area (Å²) in [5.74, 6) is -1.01. The molecular weight excluding hydrogens is 211 g/mol. The van der Waals surface area contributed by atoms with E-state index in [9.17, 15) is 9.90 Å². The Bertz CT molecular complexity index is 271.